The highest BCUT2D eigenvalue weighted by molar-refractivity contribution is 14.1. The van der Waals surface area contributed by atoms with E-state index in [9.17, 15) is 4.79 Å². The molecule has 94 valence electrons. The molecule has 0 unspecified atom stereocenters. The quantitative estimate of drug-likeness (QED) is 0.476. The summed E-state index contributed by atoms with van der Waals surface area (Å²) in [5.74, 6) is 0.0528. The van der Waals surface area contributed by atoms with E-state index in [1.54, 1.807) is 0 Å². The molecule has 0 aliphatic carbocycles. The van der Waals surface area contributed by atoms with Gasteiger partial charge in [-0.05, 0) is 42.7 Å². The number of alkyl halides is 1. The van der Waals surface area contributed by atoms with Crippen molar-refractivity contribution in [3.63, 3.8) is 0 Å². The number of hydrogen-bond acceptors (Lipinski definition) is 1. The molecule has 0 atom stereocenters. The highest BCUT2D eigenvalue weighted by Gasteiger charge is 2.07. The van der Waals surface area contributed by atoms with Crippen LogP contribution in [-0.4, -0.2) is 16.9 Å². The van der Waals surface area contributed by atoms with Crippen molar-refractivity contribution in [2.75, 3.05) is 11.0 Å². The Bertz CT molecular complexity index is 376. The van der Waals surface area contributed by atoms with Crippen LogP contribution in [-0.2, 0) is 0 Å². The van der Waals surface area contributed by atoms with E-state index in [0.29, 0.717) is 0 Å². The molecule has 1 amide bonds. The molecule has 0 bridgehead atoms. The fraction of sp³-hybridized carbons (Fsp3) is 0.500. The maximum atomic E-state index is 11.9. The summed E-state index contributed by atoms with van der Waals surface area (Å²) in [6.45, 7) is 4.81. The largest absolute Gasteiger partial charge is 0.352 e. The minimum absolute atomic E-state index is 0.0528. The number of halogens is 1. The molecule has 0 fully saturated rings. The van der Waals surface area contributed by atoms with Crippen molar-refractivity contribution in [3.8, 4) is 0 Å². The standard InChI is InChI=1S/C14H20INO/c1-11-6-7-13(12(2)10-11)14(17)16-9-5-3-4-8-15/h6-7,10H,3-5,8-9H2,1-2H3,(H,16,17). The van der Waals surface area contributed by atoms with Crippen LogP contribution in [0.5, 0.6) is 0 Å². The van der Waals surface area contributed by atoms with Crippen molar-refractivity contribution in [2.24, 2.45) is 0 Å². The number of aryl methyl sites for hydroxylation is 2. The van der Waals surface area contributed by atoms with Gasteiger partial charge in [-0.15, -0.1) is 0 Å². The molecule has 3 heteroatoms. The van der Waals surface area contributed by atoms with Crippen molar-refractivity contribution >= 4 is 28.5 Å². The zero-order chi connectivity index (χ0) is 12.7. The first-order valence-electron chi connectivity index (χ1n) is 6.06. The molecule has 0 aliphatic heterocycles. The van der Waals surface area contributed by atoms with Gasteiger partial charge in [-0.1, -0.05) is 46.7 Å². The monoisotopic (exact) mass is 345 g/mol. The Morgan fingerprint density at radius 2 is 2.00 bits per heavy atom. The third-order valence-electron chi connectivity index (χ3n) is 2.72. The van der Waals surface area contributed by atoms with Crippen LogP contribution < -0.4 is 5.32 Å². The third-order valence-corrected chi connectivity index (χ3v) is 3.49. The summed E-state index contributed by atoms with van der Waals surface area (Å²) in [4.78, 5) is 11.9. The fourth-order valence-electron chi connectivity index (χ4n) is 1.76. The van der Waals surface area contributed by atoms with E-state index < -0.39 is 0 Å². The smallest absolute Gasteiger partial charge is 0.251 e. The van der Waals surface area contributed by atoms with Crippen LogP contribution in [0.4, 0.5) is 0 Å². The van der Waals surface area contributed by atoms with Crippen LogP contribution in [0.25, 0.3) is 0 Å². The summed E-state index contributed by atoms with van der Waals surface area (Å²) in [5.41, 5.74) is 3.04. The van der Waals surface area contributed by atoms with Gasteiger partial charge in [0.05, 0.1) is 0 Å². The summed E-state index contributed by atoms with van der Waals surface area (Å²) in [6, 6.07) is 5.94. The number of carbonyl (C=O) groups excluding carboxylic acids is 1. The molecule has 0 saturated heterocycles. The van der Waals surface area contributed by atoms with E-state index in [2.05, 4.69) is 27.9 Å². The molecule has 0 aromatic heterocycles. The van der Waals surface area contributed by atoms with Gasteiger partial charge in [0.2, 0.25) is 0 Å². The number of amides is 1. The Balaban J connectivity index is 2.42. The van der Waals surface area contributed by atoms with Crippen LogP contribution in [0.15, 0.2) is 18.2 Å². The normalized spacial score (nSPS) is 10.3. The van der Waals surface area contributed by atoms with Gasteiger partial charge in [-0.25, -0.2) is 0 Å². The van der Waals surface area contributed by atoms with Gasteiger partial charge in [0, 0.05) is 12.1 Å². The summed E-state index contributed by atoms with van der Waals surface area (Å²) < 4.78 is 1.20. The molecule has 1 N–H and O–H groups in total. The maximum absolute atomic E-state index is 11.9. The van der Waals surface area contributed by atoms with E-state index in [1.165, 1.54) is 22.8 Å². The first kappa shape index (κ1) is 14.5. The van der Waals surface area contributed by atoms with Crippen LogP contribution in [0, 0.1) is 13.8 Å². The van der Waals surface area contributed by atoms with Crippen LogP contribution >= 0.6 is 22.6 Å². The number of hydrogen-bond donors (Lipinski definition) is 1. The van der Waals surface area contributed by atoms with Crippen molar-refractivity contribution < 1.29 is 4.79 Å². The minimum Gasteiger partial charge on any atom is -0.352 e. The Labute approximate surface area is 117 Å². The topological polar surface area (TPSA) is 29.1 Å². The molecule has 1 aromatic rings. The Morgan fingerprint density at radius 1 is 1.24 bits per heavy atom. The summed E-state index contributed by atoms with van der Waals surface area (Å²) in [5, 5.41) is 2.98. The molecule has 0 heterocycles. The highest BCUT2D eigenvalue weighted by atomic mass is 127. The number of benzene rings is 1. The second-order valence-corrected chi connectivity index (χ2v) is 5.40. The van der Waals surface area contributed by atoms with Gasteiger partial charge in [0.25, 0.3) is 5.91 Å². The molecule has 1 rings (SSSR count). The van der Waals surface area contributed by atoms with Gasteiger partial charge in [0.1, 0.15) is 0 Å². The first-order chi connectivity index (χ1) is 8.15. The summed E-state index contributed by atoms with van der Waals surface area (Å²) in [7, 11) is 0. The number of rotatable bonds is 6. The van der Waals surface area contributed by atoms with E-state index in [0.717, 1.165) is 24.1 Å². The van der Waals surface area contributed by atoms with Crippen molar-refractivity contribution in [2.45, 2.75) is 33.1 Å². The zero-order valence-corrected chi connectivity index (χ0v) is 12.7. The average Bonchev–Trinajstić information content (AvgIpc) is 2.28. The van der Waals surface area contributed by atoms with E-state index in [1.807, 2.05) is 32.0 Å². The average molecular weight is 345 g/mol. The molecule has 1 aromatic carbocycles. The molecule has 0 spiro atoms. The lowest BCUT2D eigenvalue weighted by Crippen LogP contribution is -2.25. The van der Waals surface area contributed by atoms with Gasteiger partial charge in [0.15, 0.2) is 0 Å². The van der Waals surface area contributed by atoms with E-state index >= 15 is 0 Å². The predicted octanol–water partition coefficient (Wildman–Crippen LogP) is 3.64. The van der Waals surface area contributed by atoms with Crippen LogP contribution in [0.1, 0.15) is 40.7 Å². The molecule has 0 radical (unpaired) electrons. The van der Waals surface area contributed by atoms with Crippen molar-refractivity contribution in [1.29, 1.82) is 0 Å². The second-order valence-electron chi connectivity index (χ2n) is 4.32. The van der Waals surface area contributed by atoms with Gasteiger partial charge in [-0.2, -0.15) is 0 Å². The van der Waals surface area contributed by atoms with E-state index in [4.69, 9.17) is 0 Å². The van der Waals surface area contributed by atoms with Crippen LogP contribution in [0.2, 0.25) is 0 Å². The molecule has 17 heavy (non-hydrogen) atoms. The number of unbranched alkanes of at least 4 members (excludes halogenated alkanes) is 2. The molecular formula is C14H20INO. The Morgan fingerprint density at radius 3 is 2.65 bits per heavy atom. The Hall–Kier alpha value is -0.580. The lowest BCUT2D eigenvalue weighted by molar-refractivity contribution is 0.0952. The minimum atomic E-state index is 0.0528. The zero-order valence-electron chi connectivity index (χ0n) is 10.6. The Kier molecular flexibility index (Phi) is 6.55. The van der Waals surface area contributed by atoms with Gasteiger partial charge < -0.3 is 5.32 Å². The van der Waals surface area contributed by atoms with E-state index in [-0.39, 0.29) is 5.91 Å². The van der Waals surface area contributed by atoms with Crippen molar-refractivity contribution in [1.82, 2.24) is 5.32 Å². The summed E-state index contributed by atoms with van der Waals surface area (Å²) >= 11 is 2.38. The molecule has 0 aliphatic rings. The van der Waals surface area contributed by atoms with Gasteiger partial charge in [-0.3, -0.25) is 4.79 Å². The predicted molar refractivity (Wildman–Crippen MR) is 81.0 cm³/mol. The van der Waals surface area contributed by atoms with Gasteiger partial charge >= 0.3 is 0 Å². The SMILES string of the molecule is Cc1ccc(C(=O)NCCCCCI)c(C)c1. The van der Waals surface area contributed by atoms with Crippen LogP contribution in [0.3, 0.4) is 0 Å². The molecular weight excluding hydrogens is 325 g/mol. The highest BCUT2D eigenvalue weighted by Crippen LogP contribution is 2.10. The molecule has 2 nitrogen and oxygen atoms in total. The number of nitrogens with one attached hydrogen (secondary N) is 1. The second kappa shape index (κ2) is 7.69. The summed E-state index contributed by atoms with van der Waals surface area (Å²) in [6.07, 6.45) is 3.50. The lowest BCUT2D eigenvalue weighted by Gasteiger charge is -2.08. The third kappa shape index (κ3) is 5.06. The molecule has 0 saturated carbocycles. The fourth-order valence-corrected chi connectivity index (χ4v) is 2.30. The number of carbonyl (C=O) groups is 1. The maximum Gasteiger partial charge on any atom is 0.251 e. The lowest BCUT2D eigenvalue weighted by atomic mass is 10.1. The van der Waals surface area contributed by atoms with Crippen molar-refractivity contribution in [3.05, 3.63) is 34.9 Å². The first-order valence-corrected chi connectivity index (χ1v) is 7.59.